The van der Waals surface area contributed by atoms with Crippen LogP contribution in [0.2, 0.25) is 0 Å². The van der Waals surface area contributed by atoms with E-state index in [1.807, 2.05) is 6.08 Å². The number of hydrogen-bond donors (Lipinski definition) is 1. The molecule has 0 aromatic heterocycles. The Morgan fingerprint density at radius 1 is 1.05 bits per heavy atom. The molecule has 0 amide bonds. The number of allylic oxidation sites excluding steroid dienone is 2. The van der Waals surface area contributed by atoms with E-state index in [1.165, 1.54) is 44.9 Å². The molecule has 4 aliphatic rings. The fraction of sp³-hybridized carbons (Fsp3) is 0.810. The molecule has 4 rings (SSSR count). The van der Waals surface area contributed by atoms with Gasteiger partial charge in [-0.05, 0) is 80.5 Å². The molecule has 22 heavy (non-hydrogen) atoms. The lowest BCUT2D eigenvalue weighted by atomic mass is 9.45. The molecule has 7 atom stereocenters. The van der Waals surface area contributed by atoms with Crippen LogP contribution in [0.1, 0.15) is 65.2 Å². The van der Waals surface area contributed by atoms with E-state index in [1.54, 1.807) is 0 Å². The van der Waals surface area contributed by atoms with Gasteiger partial charge in [-0.25, -0.2) is 0 Å². The van der Waals surface area contributed by atoms with Crippen LogP contribution in [0.25, 0.3) is 0 Å². The Balaban J connectivity index is 1.68. The molecule has 0 unspecified atom stereocenters. The van der Waals surface area contributed by atoms with E-state index in [0.29, 0.717) is 11.3 Å². The first kappa shape index (κ1) is 15.0. The first-order valence-electron chi connectivity index (χ1n) is 9.45. The topological polar surface area (TPSA) is 20.2 Å². The van der Waals surface area contributed by atoms with Crippen LogP contribution in [0.5, 0.6) is 0 Å². The zero-order valence-electron chi connectivity index (χ0n) is 14.4. The highest BCUT2D eigenvalue weighted by atomic mass is 16.3. The molecule has 1 N–H and O–H groups in total. The van der Waals surface area contributed by atoms with Gasteiger partial charge in [0.2, 0.25) is 0 Å². The van der Waals surface area contributed by atoms with Crippen LogP contribution in [0.3, 0.4) is 0 Å². The first-order chi connectivity index (χ1) is 10.4. The Morgan fingerprint density at radius 3 is 2.59 bits per heavy atom. The minimum atomic E-state index is -0.618. The molecule has 1 nitrogen and oxygen atoms in total. The molecule has 0 saturated heterocycles. The van der Waals surface area contributed by atoms with Gasteiger partial charge in [0.05, 0.1) is 5.60 Å². The molecule has 0 bridgehead atoms. The second-order valence-corrected chi connectivity index (χ2v) is 9.19. The zero-order chi connectivity index (χ0) is 15.6. The number of fused-ring (bicyclic) bond motifs is 5. The van der Waals surface area contributed by atoms with Crippen molar-refractivity contribution in [1.29, 1.82) is 0 Å². The summed E-state index contributed by atoms with van der Waals surface area (Å²) in [4.78, 5) is 0. The minimum absolute atomic E-state index is 0.0730. The lowest BCUT2D eigenvalue weighted by Crippen LogP contribution is -2.55. The zero-order valence-corrected chi connectivity index (χ0v) is 14.4. The third kappa shape index (κ3) is 1.70. The van der Waals surface area contributed by atoms with Crippen LogP contribution in [0.4, 0.5) is 0 Å². The van der Waals surface area contributed by atoms with Gasteiger partial charge in [-0.15, -0.1) is 6.58 Å². The van der Waals surface area contributed by atoms with Crippen LogP contribution >= 0.6 is 0 Å². The molecular formula is C21H32O. The van der Waals surface area contributed by atoms with Crippen LogP contribution in [0, 0.1) is 34.5 Å². The summed E-state index contributed by atoms with van der Waals surface area (Å²) in [6, 6.07) is 0. The van der Waals surface area contributed by atoms with Crippen molar-refractivity contribution in [3.05, 3.63) is 24.8 Å². The van der Waals surface area contributed by atoms with E-state index in [4.69, 9.17) is 0 Å². The van der Waals surface area contributed by atoms with Crippen molar-refractivity contribution >= 4 is 0 Å². The lowest BCUT2D eigenvalue weighted by Gasteiger charge is -2.60. The van der Waals surface area contributed by atoms with Gasteiger partial charge in [-0.2, -0.15) is 0 Å². The molecule has 3 saturated carbocycles. The average Bonchev–Trinajstić information content (AvgIpc) is 2.79. The summed E-state index contributed by atoms with van der Waals surface area (Å²) in [5.74, 6) is 3.32. The smallest absolute Gasteiger partial charge is 0.0881 e. The molecular weight excluding hydrogens is 268 g/mol. The second kappa shape index (κ2) is 4.72. The van der Waals surface area contributed by atoms with Crippen LogP contribution < -0.4 is 0 Å². The van der Waals surface area contributed by atoms with E-state index in [-0.39, 0.29) is 5.41 Å². The van der Waals surface area contributed by atoms with Gasteiger partial charge >= 0.3 is 0 Å². The van der Waals surface area contributed by atoms with Gasteiger partial charge in [-0.3, -0.25) is 0 Å². The van der Waals surface area contributed by atoms with Gasteiger partial charge < -0.3 is 5.11 Å². The molecule has 0 spiro atoms. The normalized spacial score (nSPS) is 56.9. The van der Waals surface area contributed by atoms with Gasteiger partial charge in [0, 0.05) is 5.41 Å². The van der Waals surface area contributed by atoms with E-state index < -0.39 is 5.60 Å². The van der Waals surface area contributed by atoms with Gasteiger partial charge in [0.1, 0.15) is 0 Å². The Morgan fingerprint density at radius 2 is 1.82 bits per heavy atom. The maximum Gasteiger partial charge on any atom is 0.0881 e. The van der Waals surface area contributed by atoms with E-state index in [2.05, 4.69) is 32.6 Å². The molecule has 0 aromatic rings. The average molecular weight is 300 g/mol. The standard InChI is InChI=1S/C21H32O/c1-4-21(22)14-11-18-16-9-8-15-7-5-6-12-19(15,2)17(16)10-13-20(18,21)3/h4-6,15-18,22H,1,7-14H2,2-3H3/t15-,16+,17-,18-,19-,20-,21-/m0/s1. The van der Waals surface area contributed by atoms with E-state index in [0.717, 1.165) is 24.2 Å². The summed E-state index contributed by atoms with van der Waals surface area (Å²) in [6.07, 6.45) is 16.8. The van der Waals surface area contributed by atoms with Gasteiger partial charge in [0.15, 0.2) is 0 Å². The Bertz CT molecular complexity index is 506. The van der Waals surface area contributed by atoms with Gasteiger partial charge in [-0.1, -0.05) is 32.1 Å². The summed E-state index contributed by atoms with van der Waals surface area (Å²) < 4.78 is 0. The predicted octanol–water partition coefficient (Wildman–Crippen LogP) is 5.11. The second-order valence-electron chi connectivity index (χ2n) is 9.19. The van der Waals surface area contributed by atoms with Crippen LogP contribution in [-0.2, 0) is 0 Å². The highest BCUT2D eigenvalue weighted by Crippen LogP contribution is 2.67. The number of rotatable bonds is 1. The molecule has 4 aliphatic carbocycles. The Labute approximate surface area is 135 Å². The molecule has 0 heterocycles. The third-order valence-corrected chi connectivity index (χ3v) is 8.76. The Hall–Kier alpha value is -0.560. The van der Waals surface area contributed by atoms with Crippen LogP contribution in [-0.4, -0.2) is 10.7 Å². The Kier molecular flexibility index (Phi) is 3.22. The first-order valence-corrected chi connectivity index (χ1v) is 9.45. The highest BCUT2D eigenvalue weighted by Gasteiger charge is 2.63. The van der Waals surface area contributed by atoms with Crippen LogP contribution in [0.15, 0.2) is 24.8 Å². The minimum Gasteiger partial charge on any atom is -0.385 e. The van der Waals surface area contributed by atoms with E-state index >= 15 is 0 Å². The molecule has 0 aliphatic heterocycles. The predicted molar refractivity (Wildman–Crippen MR) is 91.4 cm³/mol. The molecule has 3 fully saturated rings. The van der Waals surface area contributed by atoms with Crippen molar-refractivity contribution in [2.45, 2.75) is 70.8 Å². The maximum atomic E-state index is 11.1. The summed E-state index contributed by atoms with van der Waals surface area (Å²) in [5.41, 5.74) is -0.0235. The summed E-state index contributed by atoms with van der Waals surface area (Å²) in [5, 5.41) is 11.1. The SMILES string of the molecule is C=C[C@]1(O)CC[C@H]2[C@@H]3CC[C@@H]4CC=CC[C@]4(C)[C@H]3CC[C@@]21C. The van der Waals surface area contributed by atoms with Crippen molar-refractivity contribution in [3.63, 3.8) is 0 Å². The van der Waals surface area contributed by atoms with Crippen molar-refractivity contribution in [2.75, 3.05) is 0 Å². The largest absolute Gasteiger partial charge is 0.385 e. The quantitative estimate of drug-likeness (QED) is 0.667. The molecule has 0 radical (unpaired) electrons. The monoisotopic (exact) mass is 300 g/mol. The number of aliphatic hydroxyl groups is 1. The van der Waals surface area contributed by atoms with E-state index in [9.17, 15) is 5.11 Å². The van der Waals surface area contributed by atoms with Crippen molar-refractivity contribution in [3.8, 4) is 0 Å². The molecule has 1 heteroatoms. The summed E-state index contributed by atoms with van der Waals surface area (Å²) in [7, 11) is 0. The van der Waals surface area contributed by atoms with Crippen molar-refractivity contribution in [2.24, 2.45) is 34.5 Å². The summed E-state index contributed by atoms with van der Waals surface area (Å²) in [6.45, 7) is 8.91. The third-order valence-electron chi connectivity index (χ3n) is 8.76. The fourth-order valence-electron chi connectivity index (χ4n) is 7.22. The van der Waals surface area contributed by atoms with Gasteiger partial charge in [0.25, 0.3) is 0 Å². The molecule has 122 valence electrons. The van der Waals surface area contributed by atoms with Crippen molar-refractivity contribution < 1.29 is 5.11 Å². The molecule has 0 aromatic carbocycles. The van der Waals surface area contributed by atoms with Crippen molar-refractivity contribution in [1.82, 2.24) is 0 Å². The fourth-order valence-corrected chi connectivity index (χ4v) is 7.22. The summed E-state index contributed by atoms with van der Waals surface area (Å²) >= 11 is 0. The number of hydrogen-bond acceptors (Lipinski definition) is 1. The highest BCUT2D eigenvalue weighted by molar-refractivity contribution is 5.19. The maximum absolute atomic E-state index is 11.1. The lowest BCUT2D eigenvalue weighted by molar-refractivity contribution is -0.128.